The van der Waals surface area contributed by atoms with Crippen LogP contribution in [0.25, 0.3) is 0 Å². The van der Waals surface area contributed by atoms with Gasteiger partial charge in [-0.1, -0.05) is 58.0 Å². The van der Waals surface area contributed by atoms with Gasteiger partial charge in [-0.05, 0) is 18.5 Å². The standard InChI is InChI=1S/C14H23N/c1-11(2)13(15-5)14(3,4)12-9-7-6-8-10-12/h6-11,13,15H,1-5H3/t13-/m1/s1. The molecule has 0 unspecified atom stereocenters. The second-order valence-electron chi connectivity index (χ2n) is 5.10. The van der Waals surface area contributed by atoms with Crippen LogP contribution >= 0.6 is 0 Å². The van der Waals surface area contributed by atoms with Crippen molar-refractivity contribution in [2.24, 2.45) is 5.92 Å². The van der Waals surface area contributed by atoms with Crippen LogP contribution in [0.4, 0.5) is 0 Å². The molecule has 0 heterocycles. The normalized spacial score (nSPS) is 14.3. The quantitative estimate of drug-likeness (QED) is 0.796. The summed E-state index contributed by atoms with van der Waals surface area (Å²) in [5, 5.41) is 3.44. The lowest BCUT2D eigenvalue weighted by atomic mass is 9.73. The van der Waals surface area contributed by atoms with E-state index in [-0.39, 0.29) is 5.41 Å². The Hall–Kier alpha value is -0.820. The molecule has 1 heteroatoms. The second kappa shape index (κ2) is 4.80. The summed E-state index contributed by atoms with van der Waals surface area (Å²) < 4.78 is 0. The average Bonchev–Trinajstić information content (AvgIpc) is 2.19. The minimum atomic E-state index is 0.171. The van der Waals surface area contributed by atoms with Gasteiger partial charge in [-0.25, -0.2) is 0 Å². The first-order valence-electron chi connectivity index (χ1n) is 5.73. The monoisotopic (exact) mass is 205 g/mol. The molecule has 0 aliphatic carbocycles. The van der Waals surface area contributed by atoms with Crippen LogP contribution in [0.15, 0.2) is 30.3 Å². The van der Waals surface area contributed by atoms with Crippen LogP contribution in [-0.2, 0) is 5.41 Å². The Morgan fingerprint density at radius 3 is 2.00 bits per heavy atom. The third kappa shape index (κ3) is 2.60. The highest BCUT2D eigenvalue weighted by Gasteiger charge is 2.31. The molecule has 1 atom stereocenters. The summed E-state index contributed by atoms with van der Waals surface area (Å²) in [4.78, 5) is 0. The molecule has 1 N–H and O–H groups in total. The van der Waals surface area contributed by atoms with Gasteiger partial charge in [0.1, 0.15) is 0 Å². The van der Waals surface area contributed by atoms with Gasteiger partial charge < -0.3 is 5.32 Å². The maximum absolute atomic E-state index is 3.44. The lowest BCUT2D eigenvalue weighted by Crippen LogP contribution is -2.46. The largest absolute Gasteiger partial charge is 0.316 e. The Morgan fingerprint density at radius 1 is 1.07 bits per heavy atom. The summed E-state index contributed by atoms with van der Waals surface area (Å²) in [6.07, 6.45) is 0. The first-order chi connectivity index (χ1) is 7.00. The van der Waals surface area contributed by atoms with E-state index in [0.29, 0.717) is 12.0 Å². The Morgan fingerprint density at radius 2 is 1.60 bits per heavy atom. The second-order valence-corrected chi connectivity index (χ2v) is 5.10. The van der Waals surface area contributed by atoms with E-state index in [4.69, 9.17) is 0 Å². The molecule has 1 aromatic carbocycles. The Bertz CT molecular complexity index is 287. The van der Waals surface area contributed by atoms with Crippen LogP contribution in [0.5, 0.6) is 0 Å². The molecule has 0 saturated carbocycles. The van der Waals surface area contributed by atoms with Gasteiger partial charge in [0.2, 0.25) is 0 Å². The molecule has 1 aromatic rings. The molecule has 1 nitrogen and oxygen atoms in total. The SMILES string of the molecule is CN[C@H](C(C)C)C(C)(C)c1ccccc1. The molecule has 1 rings (SSSR count). The number of hydrogen-bond donors (Lipinski definition) is 1. The van der Waals surface area contributed by atoms with E-state index < -0.39 is 0 Å². The first-order valence-corrected chi connectivity index (χ1v) is 5.73. The average molecular weight is 205 g/mol. The third-order valence-corrected chi connectivity index (χ3v) is 3.27. The van der Waals surface area contributed by atoms with Crippen molar-refractivity contribution in [1.82, 2.24) is 5.32 Å². The van der Waals surface area contributed by atoms with Gasteiger partial charge in [0.15, 0.2) is 0 Å². The predicted molar refractivity (Wildman–Crippen MR) is 67.2 cm³/mol. The van der Waals surface area contributed by atoms with Crippen molar-refractivity contribution in [2.45, 2.75) is 39.2 Å². The highest BCUT2D eigenvalue weighted by molar-refractivity contribution is 5.26. The van der Waals surface area contributed by atoms with Gasteiger partial charge in [-0.3, -0.25) is 0 Å². The molecule has 0 radical (unpaired) electrons. The minimum Gasteiger partial charge on any atom is -0.316 e. The summed E-state index contributed by atoms with van der Waals surface area (Å²) in [6, 6.07) is 11.2. The molecule has 0 spiro atoms. The van der Waals surface area contributed by atoms with Crippen molar-refractivity contribution in [3.05, 3.63) is 35.9 Å². The zero-order chi connectivity index (χ0) is 11.5. The molecule has 15 heavy (non-hydrogen) atoms. The molecule has 0 aliphatic rings. The van der Waals surface area contributed by atoms with Crippen LogP contribution in [-0.4, -0.2) is 13.1 Å². The molecule has 84 valence electrons. The summed E-state index contributed by atoms with van der Waals surface area (Å²) in [7, 11) is 2.05. The van der Waals surface area contributed by atoms with Gasteiger partial charge in [-0.15, -0.1) is 0 Å². The zero-order valence-corrected chi connectivity index (χ0v) is 10.5. The first kappa shape index (κ1) is 12.3. The van der Waals surface area contributed by atoms with Crippen molar-refractivity contribution < 1.29 is 0 Å². The number of likely N-dealkylation sites (N-methyl/N-ethyl adjacent to an activating group) is 1. The van der Waals surface area contributed by atoms with Gasteiger partial charge in [0, 0.05) is 11.5 Å². The lowest BCUT2D eigenvalue weighted by molar-refractivity contribution is 0.285. The van der Waals surface area contributed by atoms with E-state index >= 15 is 0 Å². The summed E-state index contributed by atoms with van der Waals surface area (Å²) in [6.45, 7) is 9.16. The predicted octanol–water partition coefficient (Wildman–Crippen LogP) is 3.21. The van der Waals surface area contributed by atoms with Gasteiger partial charge >= 0.3 is 0 Å². The van der Waals surface area contributed by atoms with E-state index in [2.05, 4.69) is 70.4 Å². The van der Waals surface area contributed by atoms with E-state index in [1.807, 2.05) is 0 Å². The fourth-order valence-electron chi connectivity index (χ4n) is 2.57. The van der Waals surface area contributed by atoms with Gasteiger partial charge in [-0.2, -0.15) is 0 Å². The summed E-state index contributed by atoms with van der Waals surface area (Å²) >= 11 is 0. The van der Waals surface area contributed by atoms with Crippen molar-refractivity contribution >= 4 is 0 Å². The number of benzene rings is 1. The van der Waals surface area contributed by atoms with Crippen molar-refractivity contribution in [3.8, 4) is 0 Å². The highest BCUT2D eigenvalue weighted by Crippen LogP contribution is 2.30. The Balaban J connectivity index is 3.00. The van der Waals surface area contributed by atoms with Gasteiger partial charge in [0.25, 0.3) is 0 Å². The Kier molecular flexibility index (Phi) is 3.92. The van der Waals surface area contributed by atoms with Gasteiger partial charge in [0.05, 0.1) is 0 Å². The van der Waals surface area contributed by atoms with Crippen LogP contribution < -0.4 is 5.32 Å². The van der Waals surface area contributed by atoms with Crippen LogP contribution in [0.3, 0.4) is 0 Å². The van der Waals surface area contributed by atoms with Crippen molar-refractivity contribution in [2.75, 3.05) is 7.05 Å². The van der Waals surface area contributed by atoms with Crippen LogP contribution in [0.1, 0.15) is 33.3 Å². The lowest BCUT2D eigenvalue weighted by Gasteiger charge is -2.37. The fraction of sp³-hybridized carbons (Fsp3) is 0.571. The molecule has 0 bridgehead atoms. The molecule has 0 amide bonds. The van der Waals surface area contributed by atoms with E-state index in [9.17, 15) is 0 Å². The molecular weight excluding hydrogens is 182 g/mol. The zero-order valence-electron chi connectivity index (χ0n) is 10.5. The molecular formula is C14H23N. The maximum atomic E-state index is 3.44. The van der Waals surface area contributed by atoms with E-state index in [1.54, 1.807) is 0 Å². The number of nitrogens with one attached hydrogen (secondary N) is 1. The number of rotatable bonds is 4. The van der Waals surface area contributed by atoms with Crippen molar-refractivity contribution in [3.63, 3.8) is 0 Å². The maximum Gasteiger partial charge on any atom is 0.0179 e. The molecule has 0 aliphatic heterocycles. The van der Waals surface area contributed by atoms with Crippen LogP contribution in [0.2, 0.25) is 0 Å². The summed E-state index contributed by atoms with van der Waals surface area (Å²) in [5.74, 6) is 0.630. The van der Waals surface area contributed by atoms with E-state index in [0.717, 1.165) is 0 Å². The highest BCUT2D eigenvalue weighted by atomic mass is 14.9. The molecule has 0 fully saturated rings. The number of hydrogen-bond acceptors (Lipinski definition) is 1. The fourth-order valence-corrected chi connectivity index (χ4v) is 2.57. The summed E-state index contributed by atoms with van der Waals surface area (Å²) in [5.41, 5.74) is 1.57. The van der Waals surface area contributed by atoms with Crippen molar-refractivity contribution in [1.29, 1.82) is 0 Å². The topological polar surface area (TPSA) is 12.0 Å². The minimum absolute atomic E-state index is 0.171. The van der Waals surface area contributed by atoms with E-state index in [1.165, 1.54) is 5.56 Å². The smallest absolute Gasteiger partial charge is 0.0179 e. The van der Waals surface area contributed by atoms with Crippen LogP contribution in [0, 0.1) is 5.92 Å². The Labute approximate surface area is 93.9 Å². The molecule has 0 saturated heterocycles. The molecule has 0 aromatic heterocycles. The third-order valence-electron chi connectivity index (χ3n) is 3.27.